The zero-order valence-electron chi connectivity index (χ0n) is 11.2. The Morgan fingerprint density at radius 3 is 2.55 bits per heavy atom. The van der Waals surface area contributed by atoms with Crippen molar-refractivity contribution in [2.24, 2.45) is 5.92 Å². The average Bonchev–Trinajstić information content (AvgIpc) is 2.39. The molecule has 0 heterocycles. The number of hydrogen-bond acceptors (Lipinski definition) is 2. The van der Waals surface area contributed by atoms with E-state index in [1.54, 1.807) is 18.2 Å². The molecule has 1 rings (SSSR count). The first-order valence-electron chi connectivity index (χ1n) is 6.41. The largest absolute Gasteiger partial charge is 0.241 e. The fourth-order valence-electron chi connectivity index (χ4n) is 1.90. The van der Waals surface area contributed by atoms with Crippen molar-refractivity contribution in [1.29, 1.82) is 0 Å². The van der Waals surface area contributed by atoms with Crippen LogP contribution < -0.4 is 4.72 Å². The van der Waals surface area contributed by atoms with Crippen molar-refractivity contribution in [2.45, 2.75) is 31.1 Å². The second-order valence-electron chi connectivity index (χ2n) is 4.56. The summed E-state index contributed by atoms with van der Waals surface area (Å²) in [7, 11) is -3.49. The zero-order valence-corrected chi connectivity index (χ0v) is 16.8. The molecular formula is C13H18Br3NO2S. The van der Waals surface area contributed by atoms with Gasteiger partial charge in [0, 0.05) is 20.8 Å². The number of rotatable bonds is 8. The number of benzene rings is 1. The third-order valence-electron chi connectivity index (χ3n) is 2.96. The van der Waals surface area contributed by atoms with Gasteiger partial charge in [-0.3, -0.25) is 0 Å². The number of alkyl halides is 1. The lowest BCUT2D eigenvalue weighted by Crippen LogP contribution is -2.30. The summed E-state index contributed by atoms with van der Waals surface area (Å²) < 4.78 is 28.7. The molecule has 3 nitrogen and oxygen atoms in total. The van der Waals surface area contributed by atoms with Crippen LogP contribution in [0.15, 0.2) is 32.0 Å². The normalized spacial score (nSPS) is 13.4. The van der Waals surface area contributed by atoms with Crippen LogP contribution in [0.4, 0.5) is 0 Å². The molecule has 1 aromatic rings. The molecule has 0 aromatic heterocycles. The predicted octanol–water partition coefficient (Wildman–Crippen LogP) is 4.69. The molecule has 0 aliphatic rings. The number of nitrogens with one attached hydrogen (secondary N) is 1. The average molecular weight is 492 g/mol. The number of hydrogen-bond donors (Lipinski definition) is 1. The Kier molecular flexibility index (Phi) is 8.27. The quantitative estimate of drug-likeness (QED) is 0.536. The maximum Gasteiger partial charge on any atom is 0.241 e. The van der Waals surface area contributed by atoms with Crippen LogP contribution in [0.5, 0.6) is 0 Å². The van der Waals surface area contributed by atoms with Crippen molar-refractivity contribution < 1.29 is 8.42 Å². The summed E-state index contributed by atoms with van der Waals surface area (Å²) in [6, 6.07) is 5.13. The Labute approximate surface area is 146 Å². The highest BCUT2D eigenvalue weighted by Crippen LogP contribution is 2.25. The first-order chi connectivity index (χ1) is 9.40. The first kappa shape index (κ1) is 18.6. The second-order valence-corrected chi connectivity index (χ2v) is 8.86. The van der Waals surface area contributed by atoms with E-state index in [0.29, 0.717) is 16.9 Å². The molecule has 20 heavy (non-hydrogen) atoms. The van der Waals surface area contributed by atoms with Gasteiger partial charge in [0.05, 0.1) is 4.90 Å². The van der Waals surface area contributed by atoms with E-state index in [0.717, 1.165) is 29.1 Å². The fraction of sp³-hybridized carbons (Fsp3) is 0.538. The van der Waals surface area contributed by atoms with Gasteiger partial charge >= 0.3 is 0 Å². The molecule has 0 fully saturated rings. The molecule has 0 aliphatic heterocycles. The first-order valence-corrected chi connectivity index (χ1v) is 10.6. The monoisotopic (exact) mass is 489 g/mol. The number of sulfonamides is 1. The molecule has 0 saturated carbocycles. The Hall–Kier alpha value is 0.570. The van der Waals surface area contributed by atoms with Gasteiger partial charge < -0.3 is 0 Å². The summed E-state index contributed by atoms with van der Waals surface area (Å²) in [4.78, 5) is 0.265. The van der Waals surface area contributed by atoms with E-state index in [2.05, 4.69) is 59.4 Å². The molecule has 0 bridgehead atoms. The standard InChI is InChI=1S/C13H18Br3NO2S/c1-2-3-10(6-7-14)9-17-20(18,19)13-8-11(15)4-5-12(13)16/h4-5,8,10,17H,2-3,6-7,9H2,1H3. The van der Waals surface area contributed by atoms with Crippen LogP contribution in [0.1, 0.15) is 26.2 Å². The van der Waals surface area contributed by atoms with Gasteiger partial charge in [-0.25, -0.2) is 13.1 Å². The molecule has 1 N–H and O–H groups in total. The highest BCUT2D eigenvalue weighted by Gasteiger charge is 2.19. The summed E-state index contributed by atoms with van der Waals surface area (Å²) in [6.07, 6.45) is 3.05. The van der Waals surface area contributed by atoms with Gasteiger partial charge in [-0.15, -0.1) is 0 Å². The van der Waals surface area contributed by atoms with Crippen LogP contribution in [0.3, 0.4) is 0 Å². The van der Waals surface area contributed by atoms with Crippen molar-refractivity contribution in [3.05, 3.63) is 27.1 Å². The van der Waals surface area contributed by atoms with E-state index < -0.39 is 10.0 Å². The van der Waals surface area contributed by atoms with Gasteiger partial charge in [0.2, 0.25) is 10.0 Å². The minimum Gasteiger partial charge on any atom is -0.211 e. The van der Waals surface area contributed by atoms with Crippen molar-refractivity contribution in [1.82, 2.24) is 4.72 Å². The van der Waals surface area contributed by atoms with Gasteiger partial charge in [-0.1, -0.05) is 45.2 Å². The SMILES string of the molecule is CCCC(CCBr)CNS(=O)(=O)c1cc(Br)ccc1Br. The second kappa shape index (κ2) is 8.88. The highest BCUT2D eigenvalue weighted by atomic mass is 79.9. The molecule has 0 aliphatic carbocycles. The van der Waals surface area contributed by atoms with Gasteiger partial charge in [0.1, 0.15) is 0 Å². The van der Waals surface area contributed by atoms with Crippen LogP contribution in [0.2, 0.25) is 0 Å². The summed E-state index contributed by atoms with van der Waals surface area (Å²) >= 11 is 10.0. The Balaban J connectivity index is 2.81. The Morgan fingerprint density at radius 1 is 1.25 bits per heavy atom. The van der Waals surface area contributed by atoms with Gasteiger partial charge in [-0.2, -0.15) is 0 Å². The maximum atomic E-state index is 12.3. The smallest absolute Gasteiger partial charge is 0.211 e. The van der Waals surface area contributed by atoms with Crippen molar-refractivity contribution in [3.63, 3.8) is 0 Å². The van der Waals surface area contributed by atoms with Crippen molar-refractivity contribution >= 4 is 57.8 Å². The van der Waals surface area contributed by atoms with E-state index in [4.69, 9.17) is 0 Å². The molecule has 1 aromatic carbocycles. The summed E-state index contributed by atoms with van der Waals surface area (Å²) in [6.45, 7) is 2.58. The van der Waals surface area contributed by atoms with E-state index in [1.807, 2.05) is 0 Å². The molecule has 114 valence electrons. The minimum atomic E-state index is -3.49. The summed E-state index contributed by atoms with van der Waals surface area (Å²) in [5, 5.41) is 0.889. The van der Waals surface area contributed by atoms with Crippen LogP contribution in [-0.2, 0) is 10.0 Å². The lowest BCUT2D eigenvalue weighted by atomic mass is 10.0. The Bertz CT molecular complexity index is 528. The topological polar surface area (TPSA) is 46.2 Å². The van der Waals surface area contributed by atoms with Crippen LogP contribution in [0, 0.1) is 5.92 Å². The van der Waals surface area contributed by atoms with E-state index in [-0.39, 0.29) is 4.90 Å². The minimum absolute atomic E-state index is 0.265. The lowest BCUT2D eigenvalue weighted by molar-refractivity contribution is 0.459. The van der Waals surface area contributed by atoms with Gasteiger partial charge in [0.25, 0.3) is 0 Å². The van der Waals surface area contributed by atoms with Crippen molar-refractivity contribution in [2.75, 3.05) is 11.9 Å². The molecule has 1 unspecified atom stereocenters. The van der Waals surface area contributed by atoms with E-state index in [9.17, 15) is 8.42 Å². The lowest BCUT2D eigenvalue weighted by Gasteiger charge is -2.16. The summed E-state index contributed by atoms with van der Waals surface area (Å²) in [5.41, 5.74) is 0. The zero-order chi connectivity index (χ0) is 15.2. The van der Waals surface area contributed by atoms with E-state index >= 15 is 0 Å². The molecule has 0 amide bonds. The predicted molar refractivity (Wildman–Crippen MR) is 93.8 cm³/mol. The van der Waals surface area contributed by atoms with Crippen LogP contribution >= 0.6 is 47.8 Å². The third-order valence-corrected chi connectivity index (χ3v) is 6.33. The van der Waals surface area contributed by atoms with Crippen LogP contribution in [0.25, 0.3) is 0 Å². The maximum absolute atomic E-state index is 12.3. The fourth-order valence-corrected chi connectivity index (χ4v) is 5.16. The van der Waals surface area contributed by atoms with Gasteiger partial charge in [0.15, 0.2) is 0 Å². The molecular weight excluding hydrogens is 474 g/mol. The van der Waals surface area contributed by atoms with Crippen molar-refractivity contribution in [3.8, 4) is 0 Å². The van der Waals surface area contributed by atoms with Crippen LogP contribution in [-0.4, -0.2) is 20.3 Å². The molecule has 7 heteroatoms. The Morgan fingerprint density at radius 2 is 1.95 bits per heavy atom. The summed E-state index contributed by atoms with van der Waals surface area (Å²) in [5.74, 6) is 0.361. The molecule has 0 radical (unpaired) electrons. The molecule has 0 saturated heterocycles. The molecule has 0 spiro atoms. The van der Waals surface area contributed by atoms with Gasteiger partial charge in [-0.05, 0) is 52.9 Å². The number of halogens is 3. The highest BCUT2D eigenvalue weighted by molar-refractivity contribution is 9.11. The van der Waals surface area contributed by atoms with E-state index in [1.165, 1.54) is 0 Å². The molecule has 1 atom stereocenters. The third kappa shape index (κ3) is 5.75.